The molecule has 0 saturated heterocycles. The van der Waals surface area contributed by atoms with Crippen molar-refractivity contribution in [3.05, 3.63) is 24.0 Å². The minimum absolute atomic E-state index is 0.401. The van der Waals surface area contributed by atoms with Gasteiger partial charge in [0.15, 0.2) is 5.72 Å². The van der Waals surface area contributed by atoms with Crippen molar-refractivity contribution in [2.45, 2.75) is 11.1 Å². The zero-order valence-corrected chi connectivity index (χ0v) is 7.84. The smallest absolute Gasteiger partial charge is 0.156 e. The fourth-order valence-electron chi connectivity index (χ4n) is 0.951. The fraction of sp³-hybridized carbons (Fsp3) is 0.500. The Morgan fingerprint density at radius 1 is 1.58 bits per heavy atom. The predicted molar refractivity (Wildman–Crippen MR) is 47.8 cm³/mol. The van der Waals surface area contributed by atoms with Crippen LogP contribution in [0.5, 0.6) is 0 Å². The Labute approximate surface area is 76.8 Å². The Morgan fingerprint density at radius 2 is 2.25 bits per heavy atom. The Balaban J connectivity index is 2.81. The molecule has 3 nitrogen and oxygen atoms in total. The molecule has 1 aliphatic rings. The van der Waals surface area contributed by atoms with Crippen molar-refractivity contribution in [2.75, 3.05) is 14.2 Å². The SMILES string of the molecule is COC1=CC(Cl)C(N)(OC)C=C1. The van der Waals surface area contributed by atoms with Crippen LogP contribution >= 0.6 is 11.6 Å². The summed E-state index contributed by atoms with van der Waals surface area (Å²) in [5, 5.41) is -0.401. The average molecular weight is 190 g/mol. The first kappa shape index (κ1) is 9.58. The van der Waals surface area contributed by atoms with Gasteiger partial charge in [-0.25, -0.2) is 0 Å². The van der Waals surface area contributed by atoms with Crippen LogP contribution in [0.15, 0.2) is 24.0 Å². The number of ether oxygens (including phenoxy) is 2. The van der Waals surface area contributed by atoms with Gasteiger partial charge in [-0.1, -0.05) is 0 Å². The van der Waals surface area contributed by atoms with Crippen molar-refractivity contribution in [1.29, 1.82) is 0 Å². The normalized spacial score (nSPS) is 34.7. The first-order valence-electron chi connectivity index (χ1n) is 3.55. The maximum atomic E-state index is 5.94. The second kappa shape index (κ2) is 3.47. The summed E-state index contributed by atoms with van der Waals surface area (Å²) in [6.45, 7) is 0. The summed E-state index contributed by atoms with van der Waals surface area (Å²) in [7, 11) is 3.10. The van der Waals surface area contributed by atoms with Crippen LogP contribution < -0.4 is 5.73 Å². The van der Waals surface area contributed by atoms with Crippen molar-refractivity contribution >= 4 is 11.6 Å². The summed E-state index contributed by atoms with van der Waals surface area (Å²) < 4.78 is 10.0. The highest BCUT2D eigenvalue weighted by atomic mass is 35.5. The lowest BCUT2D eigenvalue weighted by atomic mass is 10.0. The zero-order chi connectivity index (χ0) is 9.19. The Bertz CT molecular complexity index is 227. The topological polar surface area (TPSA) is 44.5 Å². The lowest BCUT2D eigenvalue weighted by Gasteiger charge is -2.30. The highest BCUT2D eigenvalue weighted by Gasteiger charge is 2.32. The molecule has 0 radical (unpaired) electrons. The minimum Gasteiger partial charge on any atom is -0.497 e. The van der Waals surface area contributed by atoms with Gasteiger partial charge in [0, 0.05) is 7.11 Å². The average Bonchev–Trinajstić information content (AvgIpc) is 2.10. The van der Waals surface area contributed by atoms with Gasteiger partial charge in [0.25, 0.3) is 0 Å². The molecule has 12 heavy (non-hydrogen) atoms. The summed E-state index contributed by atoms with van der Waals surface area (Å²) in [4.78, 5) is 0. The van der Waals surface area contributed by atoms with E-state index in [-0.39, 0.29) is 0 Å². The van der Waals surface area contributed by atoms with Gasteiger partial charge in [0.05, 0.1) is 7.11 Å². The van der Waals surface area contributed by atoms with Crippen LogP contribution in [-0.4, -0.2) is 25.3 Å². The number of methoxy groups -OCH3 is 2. The number of nitrogens with two attached hydrogens (primary N) is 1. The highest BCUT2D eigenvalue weighted by Crippen LogP contribution is 2.24. The predicted octanol–water partition coefficient (Wildman–Crippen LogP) is 0.995. The summed E-state index contributed by atoms with van der Waals surface area (Å²) >= 11 is 5.94. The summed E-state index contributed by atoms with van der Waals surface area (Å²) in [5.41, 5.74) is 4.86. The number of hydrogen-bond donors (Lipinski definition) is 1. The van der Waals surface area contributed by atoms with E-state index < -0.39 is 11.1 Å². The van der Waals surface area contributed by atoms with E-state index in [1.165, 1.54) is 7.11 Å². The van der Waals surface area contributed by atoms with E-state index in [0.717, 1.165) is 0 Å². The van der Waals surface area contributed by atoms with Crippen LogP contribution in [0.3, 0.4) is 0 Å². The van der Waals surface area contributed by atoms with E-state index in [1.54, 1.807) is 25.3 Å². The van der Waals surface area contributed by atoms with E-state index in [0.29, 0.717) is 5.76 Å². The molecule has 0 saturated carbocycles. The third kappa shape index (κ3) is 1.63. The van der Waals surface area contributed by atoms with Crippen molar-refractivity contribution in [3.63, 3.8) is 0 Å². The highest BCUT2D eigenvalue weighted by molar-refractivity contribution is 6.22. The molecule has 0 amide bonds. The third-order valence-electron chi connectivity index (χ3n) is 1.84. The van der Waals surface area contributed by atoms with Crippen molar-refractivity contribution in [1.82, 2.24) is 0 Å². The molecule has 0 bridgehead atoms. The van der Waals surface area contributed by atoms with E-state index in [9.17, 15) is 0 Å². The molecule has 0 heterocycles. The van der Waals surface area contributed by atoms with Gasteiger partial charge in [-0.3, -0.25) is 5.73 Å². The van der Waals surface area contributed by atoms with Crippen LogP contribution in [-0.2, 0) is 9.47 Å². The summed E-state index contributed by atoms with van der Waals surface area (Å²) in [6, 6.07) is 0. The Hall–Kier alpha value is -0.510. The van der Waals surface area contributed by atoms with E-state index in [2.05, 4.69) is 0 Å². The number of rotatable bonds is 2. The van der Waals surface area contributed by atoms with Gasteiger partial charge in [-0.15, -0.1) is 11.6 Å². The van der Waals surface area contributed by atoms with Crippen LogP contribution in [0.1, 0.15) is 0 Å². The monoisotopic (exact) mass is 189 g/mol. The van der Waals surface area contributed by atoms with Crippen LogP contribution in [0.2, 0.25) is 0 Å². The van der Waals surface area contributed by atoms with Gasteiger partial charge < -0.3 is 9.47 Å². The van der Waals surface area contributed by atoms with Crippen molar-refractivity contribution in [3.8, 4) is 0 Å². The van der Waals surface area contributed by atoms with Gasteiger partial charge in [-0.05, 0) is 18.2 Å². The van der Waals surface area contributed by atoms with Crippen molar-refractivity contribution in [2.24, 2.45) is 5.73 Å². The molecule has 2 unspecified atom stereocenters. The molecule has 68 valence electrons. The minimum atomic E-state index is -0.913. The maximum absolute atomic E-state index is 5.94. The van der Waals surface area contributed by atoms with Gasteiger partial charge in [-0.2, -0.15) is 0 Å². The second-order valence-electron chi connectivity index (χ2n) is 2.57. The van der Waals surface area contributed by atoms with Crippen LogP contribution in [0.25, 0.3) is 0 Å². The molecule has 0 aromatic heterocycles. The number of hydrogen-bond acceptors (Lipinski definition) is 3. The Morgan fingerprint density at radius 3 is 2.67 bits per heavy atom. The third-order valence-corrected chi connectivity index (χ3v) is 2.31. The zero-order valence-electron chi connectivity index (χ0n) is 7.08. The molecule has 2 N–H and O–H groups in total. The molecule has 0 aliphatic heterocycles. The summed E-state index contributed by atoms with van der Waals surface area (Å²) in [5.74, 6) is 0.702. The van der Waals surface area contributed by atoms with E-state index in [4.69, 9.17) is 26.8 Å². The number of allylic oxidation sites excluding steroid dienone is 1. The molecule has 0 fully saturated rings. The summed E-state index contributed by atoms with van der Waals surface area (Å²) in [6.07, 6.45) is 5.14. The van der Waals surface area contributed by atoms with Gasteiger partial charge >= 0.3 is 0 Å². The molecular weight excluding hydrogens is 178 g/mol. The van der Waals surface area contributed by atoms with Crippen molar-refractivity contribution < 1.29 is 9.47 Å². The van der Waals surface area contributed by atoms with E-state index >= 15 is 0 Å². The molecule has 4 heteroatoms. The number of halogens is 1. The maximum Gasteiger partial charge on any atom is 0.156 e. The van der Waals surface area contributed by atoms with Gasteiger partial charge in [0.1, 0.15) is 11.1 Å². The standard InChI is InChI=1S/C8H12ClNO2/c1-11-6-3-4-8(10,12-2)7(9)5-6/h3-5,7H,10H2,1-2H3. The van der Waals surface area contributed by atoms with Crippen LogP contribution in [0.4, 0.5) is 0 Å². The second-order valence-corrected chi connectivity index (χ2v) is 3.04. The molecular formula is C8H12ClNO2. The molecule has 2 atom stereocenters. The molecule has 0 spiro atoms. The molecule has 0 aromatic rings. The lowest BCUT2D eigenvalue weighted by molar-refractivity contribution is 0.0407. The van der Waals surface area contributed by atoms with E-state index in [1.807, 2.05) is 0 Å². The Kier molecular flexibility index (Phi) is 2.77. The first-order valence-corrected chi connectivity index (χ1v) is 3.99. The first-order chi connectivity index (χ1) is 5.62. The van der Waals surface area contributed by atoms with Gasteiger partial charge in [0.2, 0.25) is 0 Å². The lowest BCUT2D eigenvalue weighted by Crippen LogP contribution is -2.48. The largest absolute Gasteiger partial charge is 0.497 e. The van der Waals surface area contributed by atoms with Crippen LogP contribution in [0, 0.1) is 0 Å². The molecule has 1 rings (SSSR count). The number of alkyl halides is 1. The molecule has 1 aliphatic carbocycles. The quantitative estimate of drug-likeness (QED) is 0.521. The molecule has 0 aromatic carbocycles. The fourth-order valence-corrected chi connectivity index (χ4v) is 1.24.